The largest absolute Gasteiger partial charge is 0.355 e. The Kier molecular flexibility index (Phi) is 5.60. The summed E-state index contributed by atoms with van der Waals surface area (Å²) in [5.41, 5.74) is 0.882. The van der Waals surface area contributed by atoms with E-state index in [9.17, 15) is 4.79 Å². The molecule has 0 bridgehead atoms. The van der Waals surface area contributed by atoms with Crippen LogP contribution in [0.4, 0.5) is 0 Å². The van der Waals surface area contributed by atoms with E-state index >= 15 is 0 Å². The molecule has 7 heteroatoms. The fourth-order valence-corrected chi connectivity index (χ4v) is 2.68. The fourth-order valence-electron chi connectivity index (χ4n) is 2.26. The van der Waals surface area contributed by atoms with Crippen molar-refractivity contribution < 1.29 is 4.79 Å². The van der Waals surface area contributed by atoms with Crippen molar-refractivity contribution >= 4 is 29.1 Å². The second-order valence-corrected chi connectivity index (χ2v) is 5.48. The Labute approximate surface area is 128 Å². The number of hydrogen-bond acceptors (Lipinski definition) is 4. The molecule has 1 amide bonds. The number of carbonyl (C=O) groups excluding carboxylic acids is 1. The summed E-state index contributed by atoms with van der Waals surface area (Å²) in [6.07, 6.45) is 1.67. The van der Waals surface area contributed by atoms with Gasteiger partial charge in [0.15, 0.2) is 0 Å². The molecule has 0 saturated carbocycles. The van der Waals surface area contributed by atoms with Crippen molar-refractivity contribution in [2.75, 3.05) is 26.2 Å². The van der Waals surface area contributed by atoms with Crippen LogP contribution in [0.5, 0.6) is 0 Å². The molecule has 110 valence electrons. The highest BCUT2D eigenvalue weighted by Gasteiger charge is 2.28. The van der Waals surface area contributed by atoms with E-state index in [0.717, 1.165) is 18.7 Å². The van der Waals surface area contributed by atoms with Crippen molar-refractivity contribution in [3.8, 4) is 0 Å². The number of nitrogens with one attached hydrogen (secondary N) is 2. The lowest BCUT2D eigenvalue weighted by Gasteiger charge is -2.35. The molecule has 20 heavy (non-hydrogen) atoms. The number of rotatable bonds is 4. The summed E-state index contributed by atoms with van der Waals surface area (Å²) in [5, 5.41) is 7.06. The molecule has 1 aliphatic rings. The van der Waals surface area contributed by atoms with Gasteiger partial charge in [-0.3, -0.25) is 9.69 Å². The van der Waals surface area contributed by atoms with Crippen LogP contribution in [0.15, 0.2) is 12.3 Å². The molecule has 2 heterocycles. The molecule has 0 spiro atoms. The van der Waals surface area contributed by atoms with Gasteiger partial charge in [0.2, 0.25) is 5.91 Å². The summed E-state index contributed by atoms with van der Waals surface area (Å²) in [4.78, 5) is 18.2. The van der Waals surface area contributed by atoms with E-state index in [2.05, 4.69) is 20.5 Å². The zero-order chi connectivity index (χ0) is 14.5. The lowest BCUT2D eigenvalue weighted by Crippen LogP contribution is -2.57. The summed E-state index contributed by atoms with van der Waals surface area (Å²) < 4.78 is 0. The lowest BCUT2D eigenvalue weighted by molar-refractivity contribution is -0.127. The molecule has 1 aromatic rings. The molecular formula is C13H18Cl2N4O. The first-order valence-corrected chi connectivity index (χ1v) is 7.39. The minimum atomic E-state index is -0.185. The Balaban J connectivity index is 2.10. The molecule has 1 aromatic heterocycles. The van der Waals surface area contributed by atoms with Gasteiger partial charge in [-0.15, -0.1) is 0 Å². The van der Waals surface area contributed by atoms with Crippen molar-refractivity contribution in [3.63, 3.8) is 0 Å². The van der Waals surface area contributed by atoms with E-state index in [1.54, 1.807) is 12.3 Å². The van der Waals surface area contributed by atoms with Gasteiger partial charge in [0, 0.05) is 49.5 Å². The Morgan fingerprint density at radius 3 is 3.10 bits per heavy atom. The smallest absolute Gasteiger partial charge is 0.238 e. The van der Waals surface area contributed by atoms with Gasteiger partial charge >= 0.3 is 0 Å². The van der Waals surface area contributed by atoms with E-state index in [1.165, 1.54) is 0 Å². The normalized spacial score (nSPS) is 19.9. The molecule has 1 aliphatic heterocycles. The number of nitrogens with zero attached hydrogens (tertiary/aromatic N) is 2. The van der Waals surface area contributed by atoms with Crippen molar-refractivity contribution in [3.05, 3.63) is 28.0 Å². The summed E-state index contributed by atoms with van der Waals surface area (Å²) >= 11 is 12.0. The van der Waals surface area contributed by atoms with Gasteiger partial charge in [-0.1, -0.05) is 23.2 Å². The molecule has 1 atom stereocenters. The topological polar surface area (TPSA) is 57.3 Å². The molecule has 2 N–H and O–H groups in total. The molecule has 5 nitrogen and oxygen atoms in total. The van der Waals surface area contributed by atoms with Gasteiger partial charge < -0.3 is 10.6 Å². The maximum absolute atomic E-state index is 12.1. The molecule has 0 radical (unpaired) electrons. The second-order valence-electron chi connectivity index (χ2n) is 4.68. The number of piperazine rings is 1. The lowest BCUT2D eigenvalue weighted by atomic mass is 10.1. The van der Waals surface area contributed by atoms with Crippen LogP contribution < -0.4 is 10.6 Å². The zero-order valence-electron chi connectivity index (χ0n) is 11.3. The summed E-state index contributed by atoms with van der Waals surface area (Å²) in [6, 6.07) is 1.44. The van der Waals surface area contributed by atoms with Gasteiger partial charge in [-0.25, -0.2) is 4.98 Å². The van der Waals surface area contributed by atoms with Gasteiger partial charge in [-0.2, -0.15) is 0 Å². The van der Waals surface area contributed by atoms with Crippen molar-refractivity contribution in [2.45, 2.75) is 19.5 Å². The predicted octanol–water partition coefficient (Wildman–Crippen LogP) is 1.30. The summed E-state index contributed by atoms with van der Waals surface area (Å²) in [5.74, 6) is 0.0396. The second kappa shape index (κ2) is 7.22. The third kappa shape index (κ3) is 3.82. The first kappa shape index (κ1) is 15.5. The number of pyridine rings is 1. The van der Waals surface area contributed by atoms with E-state index < -0.39 is 0 Å². The van der Waals surface area contributed by atoms with Crippen LogP contribution in [0.25, 0.3) is 0 Å². The monoisotopic (exact) mass is 316 g/mol. The molecule has 1 saturated heterocycles. The van der Waals surface area contributed by atoms with Crippen molar-refractivity contribution in [2.24, 2.45) is 0 Å². The van der Waals surface area contributed by atoms with Gasteiger partial charge in [0.05, 0.1) is 0 Å². The molecule has 1 fully saturated rings. The average Bonchev–Trinajstić information content (AvgIpc) is 2.43. The standard InChI is InChI=1S/C13H18Cl2N4O/c1-2-17-13(20)11-7-16-3-4-19(11)8-9-6-18-12(15)5-10(9)14/h5-6,11,16H,2-4,7-8H2,1H3,(H,17,20). The van der Waals surface area contributed by atoms with Crippen LogP contribution in [0.2, 0.25) is 10.2 Å². The Morgan fingerprint density at radius 1 is 1.60 bits per heavy atom. The quantitative estimate of drug-likeness (QED) is 0.822. The van der Waals surface area contributed by atoms with Crippen LogP contribution >= 0.6 is 23.2 Å². The Morgan fingerprint density at radius 2 is 2.40 bits per heavy atom. The minimum Gasteiger partial charge on any atom is -0.355 e. The third-order valence-corrected chi connectivity index (χ3v) is 3.84. The van der Waals surface area contributed by atoms with Crippen LogP contribution in [0.3, 0.4) is 0 Å². The summed E-state index contributed by atoms with van der Waals surface area (Å²) in [7, 11) is 0. The first-order chi connectivity index (χ1) is 9.61. The van der Waals surface area contributed by atoms with Gasteiger partial charge in [0.25, 0.3) is 0 Å². The number of hydrogen-bond donors (Lipinski definition) is 2. The number of amides is 1. The number of likely N-dealkylation sites (N-methyl/N-ethyl adjacent to an activating group) is 1. The van der Waals surface area contributed by atoms with E-state index in [1.807, 2.05) is 6.92 Å². The molecule has 0 aliphatic carbocycles. The highest BCUT2D eigenvalue weighted by molar-refractivity contribution is 6.34. The highest BCUT2D eigenvalue weighted by atomic mass is 35.5. The van der Waals surface area contributed by atoms with Crippen molar-refractivity contribution in [1.29, 1.82) is 0 Å². The Hall–Kier alpha value is -0.880. The van der Waals surface area contributed by atoms with Crippen LogP contribution in [0, 0.1) is 0 Å². The van der Waals surface area contributed by atoms with Gasteiger partial charge in [0.1, 0.15) is 11.2 Å². The average molecular weight is 317 g/mol. The highest BCUT2D eigenvalue weighted by Crippen LogP contribution is 2.21. The fraction of sp³-hybridized carbons (Fsp3) is 0.538. The first-order valence-electron chi connectivity index (χ1n) is 6.64. The SMILES string of the molecule is CCNC(=O)C1CNCCN1Cc1cnc(Cl)cc1Cl. The molecule has 0 aromatic carbocycles. The summed E-state index contributed by atoms with van der Waals surface area (Å²) in [6.45, 7) is 5.43. The maximum Gasteiger partial charge on any atom is 0.238 e. The van der Waals surface area contributed by atoms with E-state index in [4.69, 9.17) is 23.2 Å². The van der Waals surface area contributed by atoms with E-state index in [0.29, 0.717) is 29.8 Å². The van der Waals surface area contributed by atoms with E-state index in [-0.39, 0.29) is 11.9 Å². The third-order valence-electron chi connectivity index (χ3n) is 3.28. The maximum atomic E-state index is 12.1. The van der Waals surface area contributed by atoms with Crippen molar-refractivity contribution in [1.82, 2.24) is 20.5 Å². The predicted molar refractivity (Wildman–Crippen MR) is 80.0 cm³/mol. The number of aromatic nitrogens is 1. The van der Waals surface area contributed by atoms with Crippen LogP contribution in [-0.2, 0) is 11.3 Å². The molecule has 2 rings (SSSR count). The zero-order valence-corrected chi connectivity index (χ0v) is 12.8. The number of carbonyl (C=O) groups is 1. The Bertz CT molecular complexity index is 483. The molecule has 1 unspecified atom stereocenters. The molecular weight excluding hydrogens is 299 g/mol. The van der Waals surface area contributed by atoms with Crippen LogP contribution in [-0.4, -0.2) is 48.0 Å². The number of halogens is 2. The minimum absolute atomic E-state index is 0.0396. The van der Waals surface area contributed by atoms with Crippen LogP contribution in [0.1, 0.15) is 12.5 Å². The van der Waals surface area contributed by atoms with Gasteiger partial charge in [-0.05, 0) is 13.0 Å².